The van der Waals surface area contributed by atoms with Crippen molar-refractivity contribution in [1.29, 1.82) is 0 Å². The number of hydrogen-bond acceptors (Lipinski definition) is 6. The molecule has 0 saturated heterocycles. The molecule has 0 aliphatic carbocycles. The van der Waals surface area contributed by atoms with Crippen molar-refractivity contribution in [2.75, 3.05) is 12.4 Å². The Labute approximate surface area is 121 Å². The highest BCUT2D eigenvalue weighted by Crippen LogP contribution is 2.30. The van der Waals surface area contributed by atoms with Gasteiger partial charge in [0.1, 0.15) is 5.82 Å². The molecule has 1 aliphatic rings. The molecular weight excluding hydrogens is 292 g/mol. The normalized spacial score (nSPS) is 15.9. The maximum absolute atomic E-state index is 12.4. The molecule has 3 heterocycles. The lowest BCUT2D eigenvalue weighted by molar-refractivity contribution is 0.0865. The standard InChI is InChI=1S/C13H12N4O3S/c1-14-11-9(4-2-6-15-11)8-17-13(18)10-5-3-7-16-12(10)21(17,19)20/h2-7H,8H2,1H3,(H,14,15). The third kappa shape index (κ3) is 2.04. The van der Waals surface area contributed by atoms with Gasteiger partial charge in [-0.15, -0.1) is 0 Å². The number of amides is 1. The number of pyridine rings is 2. The molecule has 2 aromatic rings. The predicted octanol–water partition coefficient (Wildman–Crippen LogP) is 0.863. The van der Waals surface area contributed by atoms with E-state index in [0.29, 0.717) is 11.4 Å². The van der Waals surface area contributed by atoms with Crippen LogP contribution >= 0.6 is 0 Å². The average molecular weight is 304 g/mol. The van der Waals surface area contributed by atoms with Crippen molar-refractivity contribution in [3.63, 3.8) is 0 Å². The molecule has 108 valence electrons. The summed E-state index contributed by atoms with van der Waals surface area (Å²) in [5.41, 5.74) is 0.720. The minimum atomic E-state index is -3.90. The molecule has 0 saturated carbocycles. The molecule has 1 amide bonds. The average Bonchev–Trinajstić information content (AvgIpc) is 2.69. The van der Waals surface area contributed by atoms with E-state index < -0.39 is 15.9 Å². The van der Waals surface area contributed by atoms with Gasteiger partial charge < -0.3 is 5.32 Å². The number of nitrogens with zero attached hydrogens (tertiary/aromatic N) is 3. The number of aromatic nitrogens is 2. The predicted molar refractivity (Wildman–Crippen MR) is 75.1 cm³/mol. The van der Waals surface area contributed by atoms with E-state index in [4.69, 9.17) is 0 Å². The minimum absolute atomic E-state index is 0.0818. The molecule has 0 fully saturated rings. The Morgan fingerprint density at radius 1 is 1.19 bits per heavy atom. The van der Waals surface area contributed by atoms with E-state index in [9.17, 15) is 13.2 Å². The third-order valence-electron chi connectivity index (χ3n) is 3.20. The fraction of sp³-hybridized carbons (Fsp3) is 0.154. The van der Waals surface area contributed by atoms with Crippen molar-refractivity contribution in [2.24, 2.45) is 0 Å². The van der Waals surface area contributed by atoms with Crippen LogP contribution in [-0.4, -0.2) is 35.6 Å². The fourth-order valence-electron chi connectivity index (χ4n) is 2.21. The van der Waals surface area contributed by atoms with E-state index in [1.54, 1.807) is 31.4 Å². The van der Waals surface area contributed by atoms with Gasteiger partial charge >= 0.3 is 0 Å². The summed E-state index contributed by atoms with van der Waals surface area (Å²) < 4.78 is 25.6. The van der Waals surface area contributed by atoms with Crippen LogP contribution in [0.5, 0.6) is 0 Å². The Kier molecular flexibility index (Phi) is 3.09. The second-order valence-corrected chi connectivity index (χ2v) is 6.21. The molecule has 1 N–H and O–H groups in total. The maximum Gasteiger partial charge on any atom is 0.285 e. The molecular formula is C13H12N4O3S. The highest BCUT2D eigenvalue weighted by atomic mass is 32.2. The molecule has 0 bridgehead atoms. The summed E-state index contributed by atoms with van der Waals surface area (Å²) in [5.74, 6) is -0.0339. The van der Waals surface area contributed by atoms with Crippen molar-refractivity contribution >= 4 is 21.7 Å². The number of anilines is 1. The van der Waals surface area contributed by atoms with E-state index in [1.807, 2.05) is 0 Å². The SMILES string of the molecule is CNc1ncccc1CN1C(=O)c2cccnc2S1(=O)=O. The van der Waals surface area contributed by atoms with Crippen molar-refractivity contribution in [3.8, 4) is 0 Å². The summed E-state index contributed by atoms with van der Waals surface area (Å²) in [7, 11) is -2.22. The molecule has 0 radical (unpaired) electrons. The number of fused-ring (bicyclic) bond motifs is 1. The quantitative estimate of drug-likeness (QED) is 0.904. The topological polar surface area (TPSA) is 92.3 Å². The number of sulfonamides is 1. The Morgan fingerprint density at radius 3 is 2.62 bits per heavy atom. The van der Waals surface area contributed by atoms with Gasteiger partial charge in [-0.3, -0.25) is 4.79 Å². The first-order chi connectivity index (χ1) is 10.1. The van der Waals surface area contributed by atoms with Gasteiger partial charge in [0.2, 0.25) is 0 Å². The Hall–Kier alpha value is -2.48. The van der Waals surface area contributed by atoms with Gasteiger partial charge in [0.25, 0.3) is 15.9 Å². The highest BCUT2D eigenvalue weighted by Gasteiger charge is 2.42. The summed E-state index contributed by atoms with van der Waals surface area (Å²) in [6.07, 6.45) is 2.95. The lowest BCUT2D eigenvalue weighted by atomic mass is 10.2. The molecule has 3 rings (SSSR count). The Balaban J connectivity index is 2.04. The van der Waals surface area contributed by atoms with Crippen LogP contribution in [0.2, 0.25) is 0 Å². The van der Waals surface area contributed by atoms with Crippen LogP contribution in [0.25, 0.3) is 0 Å². The number of rotatable bonds is 3. The van der Waals surface area contributed by atoms with Gasteiger partial charge in [-0.25, -0.2) is 14.3 Å². The van der Waals surface area contributed by atoms with E-state index in [2.05, 4.69) is 15.3 Å². The minimum Gasteiger partial charge on any atom is -0.373 e. The van der Waals surface area contributed by atoms with Gasteiger partial charge in [0, 0.05) is 25.0 Å². The third-order valence-corrected chi connectivity index (χ3v) is 4.89. The molecule has 7 nitrogen and oxygen atoms in total. The van der Waals surface area contributed by atoms with Gasteiger partial charge in [0.05, 0.1) is 12.1 Å². The van der Waals surface area contributed by atoms with Crippen LogP contribution in [0.1, 0.15) is 15.9 Å². The largest absolute Gasteiger partial charge is 0.373 e. The Morgan fingerprint density at radius 2 is 1.90 bits per heavy atom. The van der Waals surface area contributed by atoms with E-state index >= 15 is 0 Å². The van der Waals surface area contributed by atoms with Crippen LogP contribution in [0.3, 0.4) is 0 Å². The molecule has 21 heavy (non-hydrogen) atoms. The maximum atomic E-state index is 12.4. The van der Waals surface area contributed by atoms with Crippen molar-refractivity contribution in [3.05, 3.63) is 47.8 Å². The first kappa shape index (κ1) is 13.5. The molecule has 0 atom stereocenters. The van der Waals surface area contributed by atoms with E-state index in [-0.39, 0.29) is 17.1 Å². The first-order valence-electron chi connectivity index (χ1n) is 6.19. The molecule has 0 unspecified atom stereocenters. The molecule has 0 spiro atoms. The fourth-order valence-corrected chi connectivity index (χ4v) is 3.67. The number of carbonyl (C=O) groups is 1. The van der Waals surface area contributed by atoms with Crippen LogP contribution in [0, 0.1) is 0 Å². The summed E-state index contributed by atoms with van der Waals surface area (Å²) in [4.78, 5) is 20.2. The highest BCUT2D eigenvalue weighted by molar-refractivity contribution is 7.90. The lowest BCUT2D eigenvalue weighted by Gasteiger charge is -2.16. The molecule has 2 aromatic heterocycles. The second kappa shape index (κ2) is 4.81. The smallest absolute Gasteiger partial charge is 0.285 e. The van der Waals surface area contributed by atoms with E-state index in [0.717, 1.165) is 4.31 Å². The zero-order valence-electron chi connectivity index (χ0n) is 11.1. The summed E-state index contributed by atoms with van der Waals surface area (Å²) in [5, 5.41) is 2.68. The van der Waals surface area contributed by atoms with Crippen molar-refractivity contribution in [2.45, 2.75) is 11.6 Å². The van der Waals surface area contributed by atoms with Gasteiger partial charge in [-0.2, -0.15) is 8.42 Å². The summed E-state index contributed by atoms with van der Waals surface area (Å²) >= 11 is 0. The van der Waals surface area contributed by atoms with Crippen LogP contribution < -0.4 is 5.32 Å². The molecule has 8 heteroatoms. The number of nitrogens with one attached hydrogen (secondary N) is 1. The van der Waals surface area contributed by atoms with Crippen molar-refractivity contribution < 1.29 is 13.2 Å². The molecule has 1 aliphatic heterocycles. The number of carbonyl (C=O) groups excluding carboxylic acids is 1. The van der Waals surface area contributed by atoms with Crippen LogP contribution in [0.4, 0.5) is 5.82 Å². The van der Waals surface area contributed by atoms with E-state index in [1.165, 1.54) is 12.3 Å². The second-order valence-electron chi connectivity index (χ2n) is 4.43. The van der Waals surface area contributed by atoms with Gasteiger partial charge in [0.15, 0.2) is 5.03 Å². The number of hydrogen-bond donors (Lipinski definition) is 1. The zero-order valence-corrected chi connectivity index (χ0v) is 12.0. The van der Waals surface area contributed by atoms with Crippen molar-refractivity contribution in [1.82, 2.24) is 14.3 Å². The molecule has 0 aromatic carbocycles. The Bertz CT molecular complexity index is 820. The first-order valence-corrected chi connectivity index (χ1v) is 7.63. The lowest BCUT2D eigenvalue weighted by Crippen LogP contribution is -2.30. The monoisotopic (exact) mass is 304 g/mol. The van der Waals surface area contributed by atoms with Crippen LogP contribution in [0.15, 0.2) is 41.7 Å². The van der Waals surface area contributed by atoms with Gasteiger partial charge in [-0.05, 0) is 18.2 Å². The summed E-state index contributed by atoms with van der Waals surface area (Å²) in [6, 6.07) is 6.41. The summed E-state index contributed by atoms with van der Waals surface area (Å²) in [6.45, 7) is -0.0818. The van der Waals surface area contributed by atoms with Gasteiger partial charge in [-0.1, -0.05) is 6.07 Å². The zero-order chi connectivity index (χ0) is 15.0. The van der Waals surface area contributed by atoms with Crippen LogP contribution in [-0.2, 0) is 16.6 Å².